The Morgan fingerprint density at radius 1 is 1.56 bits per heavy atom. The largest absolute Gasteiger partial charge is 0.396 e. The van der Waals surface area contributed by atoms with Crippen molar-refractivity contribution >= 4 is 11.3 Å². The van der Waals surface area contributed by atoms with Crippen LogP contribution in [0.3, 0.4) is 0 Å². The lowest BCUT2D eigenvalue weighted by atomic mass is 9.67. The topological polar surface area (TPSA) is 45.1 Å². The van der Waals surface area contributed by atoms with E-state index in [9.17, 15) is 0 Å². The predicted octanol–water partition coefficient (Wildman–Crippen LogP) is 2.09. The van der Waals surface area contributed by atoms with Gasteiger partial charge in [-0.25, -0.2) is 4.98 Å². The first kappa shape index (κ1) is 12.0. The second-order valence-corrected chi connectivity index (χ2v) is 5.76. The Bertz CT molecular complexity index is 334. The van der Waals surface area contributed by atoms with E-state index in [1.54, 1.807) is 11.3 Å². The van der Waals surface area contributed by atoms with Crippen LogP contribution in [0.1, 0.15) is 36.4 Å². The number of thiazole rings is 1. The quantitative estimate of drug-likeness (QED) is 0.800. The summed E-state index contributed by atoms with van der Waals surface area (Å²) in [6.07, 6.45) is 4.78. The van der Waals surface area contributed by atoms with Crippen molar-refractivity contribution in [3.63, 3.8) is 0 Å². The Balaban J connectivity index is 1.74. The van der Waals surface area contributed by atoms with Gasteiger partial charge < -0.3 is 10.4 Å². The number of rotatable bonds is 6. The van der Waals surface area contributed by atoms with Crippen LogP contribution in [0.25, 0.3) is 0 Å². The van der Waals surface area contributed by atoms with Crippen LogP contribution in [0.4, 0.5) is 0 Å². The summed E-state index contributed by atoms with van der Waals surface area (Å²) in [6, 6.07) is 0. The van der Waals surface area contributed by atoms with E-state index in [1.807, 2.05) is 6.92 Å². The molecule has 0 atom stereocenters. The molecule has 0 saturated heterocycles. The molecular weight excluding hydrogens is 220 g/mol. The van der Waals surface area contributed by atoms with Gasteiger partial charge in [-0.1, -0.05) is 6.42 Å². The lowest BCUT2D eigenvalue weighted by Gasteiger charge is -2.42. The van der Waals surface area contributed by atoms with Gasteiger partial charge in [-0.05, 0) is 31.6 Å². The molecule has 1 fully saturated rings. The first-order valence-corrected chi connectivity index (χ1v) is 6.85. The van der Waals surface area contributed by atoms with Crippen molar-refractivity contribution in [2.45, 2.75) is 39.2 Å². The van der Waals surface area contributed by atoms with Gasteiger partial charge in [0.2, 0.25) is 0 Å². The van der Waals surface area contributed by atoms with E-state index >= 15 is 0 Å². The van der Waals surface area contributed by atoms with E-state index in [0.29, 0.717) is 12.0 Å². The second-order valence-electron chi connectivity index (χ2n) is 4.81. The predicted molar refractivity (Wildman–Crippen MR) is 66.5 cm³/mol. The number of aryl methyl sites for hydroxylation is 1. The van der Waals surface area contributed by atoms with Crippen LogP contribution in [0.15, 0.2) is 5.38 Å². The molecule has 0 spiro atoms. The highest BCUT2D eigenvalue weighted by molar-refractivity contribution is 7.09. The SMILES string of the molecule is Cc1csc(CNCC2(CCO)CCC2)n1. The van der Waals surface area contributed by atoms with Crippen LogP contribution in [-0.2, 0) is 6.54 Å². The molecule has 2 N–H and O–H groups in total. The lowest BCUT2D eigenvalue weighted by Crippen LogP contribution is -2.40. The molecule has 0 bridgehead atoms. The van der Waals surface area contributed by atoms with Crippen molar-refractivity contribution in [2.75, 3.05) is 13.2 Å². The molecule has 0 aliphatic heterocycles. The minimum absolute atomic E-state index is 0.318. The minimum atomic E-state index is 0.318. The van der Waals surface area contributed by atoms with Gasteiger partial charge in [-0.3, -0.25) is 0 Å². The van der Waals surface area contributed by atoms with E-state index in [-0.39, 0.29) is 0 Å². The zero-order chi connectivity index (χ0) is 11.4. The van der Waals surface area contributed by atoms with Gasteiger partial charge in [0.15, 0.2) is 0 Å². The van der Waals surface area contributed by atoms with Crippen molar-refractivity contribution in [1.29, 1.82) is 0 Å². The molecule has 1 aliphatic rings. The number of hydrogen-bond acceptors (Lipinski definition) is 4. The van der Waals surface area contributed by atoms with Gasteiger partial charge in [0, 0.05) is 30.8 Å². The summed E-state index contributed by atoms with van der Waals surface area (Å²) >= 11 is 1.72. The third-order valence-corrected chi connectivity index (χ3v) is 4.47. The molecular formula is C12H20N2OS. The molecule has 4 heteroatoms. The zero-order valence-electron chi connectivity index (χ0n) is 9.83. The first-order valence-electron chi connectivity index (χ1n) is 5.97. The third-order valence-electron chi connectivity index (χ3n) is 3.50. The Labute approximate surface area is 101 Å². The van der Waals surface area contributed by atoms with Crippen molar-refractivity contribution in [1.82, 2.24) is 10.3 Å². The highest BCUT2D eigenvalue weighted by atomic mass is 32.1. The van der Waals surface area contributed by atoms with Crippen LogP contribution in [-0.4, -0.2) is 23.2 Å². The number of aromatic nitrogens is 1. The van der Waals surface area contributed by atoms with Crippen LogP contribution in [0.2, 0.25) is 0 Å². The van der Waals surface area contributed by atoms with E-state index in [2.05, 4.69) is 15.7 Å². The fraction of sp³-hybridized carbons (Fsp3) is 0.750. The van der Waals surface area contributed by atoms with E-state index < -0.39 is 0 Å². The Hall–Kier alpha value is -0.450. The van der Waals surface area contributed by atoms with Gasteiger partial charge in [-0.2, -0.15) is 0 Å². The molecule has 1 aliphatic carbocycles. The summed E-state index contributed by atoms with van der Waals surface area (Å²) in [6.45, 7) is 4.23. The number of nitrogens with zero attached hydrogens (tertiary/aromatic N) is 1. The molecule has 90 valence electrons. The van der Waals surface area contributed by atoms with E-state index in [0.717, 1.165) is 30.2 Å². The van der Waals surface area contributed by atoms with Crippen LogP contribution < -0.4 is 5.32 Å². The summed E-state index contributed by atoms with van der Waals surface area (Å²) in [5, 5.41) is 15.8. The van der Waals surface area contributed by atoms with E-state index in [1.165, 1.54) is 19.3 Å². The van der Waals surface area contributed by atoms with Crippen molar-refractivity contribution < 1.29 is 5.11 Å². The van der Waals surface area contributed by atoms with Crippen LogP contribution in [0, 0.1) is 12.3 Å². The summed E-state index contributed by atoms with van der Waals surface area (Å²) in [5.41, 5.74) is 1.48. The third kappa shape index (κ3) is 2.81. The normalized spacial score (nSPS) is 18.4. The molecule has 0 aromatic carbocycles. The van der Waals surface area contributed by atoms with E-state index in [4.69, 9.17) is 5.11 Å². The maximum absolute atomic E-state index is 9.05. The summed E-state index contributed by atoms with van der Waals surface area (Å²) in [7, 11) is 0. The second kappa shape index (κ2) is 5.25. The maximum Gasteiger partial charge on any atom is 0.107 e. The average molecular weight is 240 g/mol. The van der Waals surface area contributed by atoms with Crippen molar-refractivity contribution in [3.8, 4) is 0 Å². The fourth-order valence-electron chi connectivity index (χ4n) is 2.35. The minimum Gasteiger partial charge on any atom is -0.396 e. The molecule has 1 aromatic heterocycles. The molecule has 1 saturated carbocycles. The van der Waals surface area contributed by atoms with Gasteiger partial charge >= 0.3 is 0 Å². The molecule has 2 rings (SSSR count). The molecule has 0 amide bonds. The molecule has 3 nitrogen and oxygen atoms in total. The molecule has 0 unspecified atom stereocenters. The summed E-state index contributed by atoms with van der Waals surface area (Å²) in [5.74, 6) is 0. The Morgan fingerprint density at radius 3 is 2.88 bits per heavy atom. The highest BCUT2D eigenvalue weighted by Gasteiger charge is 2.35. The van der Waals surface area contributed by atoms with Gasteiger partial charge in [-0.15, -0.1) is 11.3 Å². The van der Waals surface area contributed by atoms with Crippen molar-refractivity contribution in [2.24, 2.45) is 5.41 Å². The van der Waals surface area contributed by atoms with Crippen molar-refractivity contribution in [3.05, 3.63) is 16.1 Å². The van der Waals surface area contributed by atoms with Crippen LogP contribution in [0.5, 0.6) is 0 Å². The van der Waals surface area contributed by atoms with Gasteiger partial charge in [0.1, 0.15) is 5.01 Å². The number of aliphatic hydroxyl groups excluding tert-OH is 1. The molecule has 0 radical (unpaired) electrons. The standard InChI is InChI=1S/C12H20N2OS/c1-10-8-16-11(14-10)7-13-9-12(5-6-15)3-2-4-12/h8,13,15H,2-7,9H2,1H3. The Kier molecular flexibility index (Phi) is 3.95. The number of aliphatic hydroxyl groups is 1. The number of hydrogen-bond donors (Lipinski definition) is 2. The Morgan fingerprint density at radius 2 is 2.38 bits per heavy atom. The fourth-order valence-corrected chi connectivity index (χ4v) is 3.09. The smallest absolute Gasteiger partial charge is 0.107 e. The monoisotopic (exact) mass is 240 g/mol. The first-order chi connectivity index (χ1) is 7.74. The summed E-state index contributed by atoms with van der Waals surface area (Å²) < 4.78 is 0. The highest BCUT2D eigenvalue weighted by Crippen LogP contribution is 2.43. The molecule has 16 heavy (non-hydrogen) atoms. The molecule has 1 aromatic rings. The van der Waals surface area contributed by atoms with Crippen LogP contribution >= 0.6 is 11.3 Å². The maximum atomic E-state index is 9.05. The molecule has 1 heterocycles. The van der Waals surface area contributed by atoms with Gasteiger partial charge in [0.05, 0.1) is 0 Å². The number of nitrogens with one attached hydrogen (secondary N) is 1. The zero-order valence-corrected chi connectivity index (χ0v) is 10.6. The summed E-state index contributed by atoms with van der Waals surface area (Å²) in [4.78, 5) is 4.43. The lowest BCUT2D eigenvalue weighted by molar-refractivity contribution is 0.0859. The van der Waals surface area contributed by atoms with Gasteiger partial charge in [0.25, 0.3) is 0 Å². The average Bonchev–Trinajstić information content (AvgIpc) is 2.60.